The highest BCUT2D eigenvalue weighted by Gasteiger charge is 2.40. The Kier molecular flexibility index (Phi) is 4.17. The quantitative estimate of drug-likeness (QED) is 0.629. The van der Waals surface area contributed by atoms with Crippen molar-refractivity contribution in [2.24, 2.45) is 11.0 Å². The molecule has 25 heavy (non-hydrogen) atoms. The molecule has 0 aromatic carbocycles. The van der Waals surface area contributed by atoms with E-state index in [4.69, 9.17) is 0 Å². The van der Waals surface area contributed by atoms with Crippen molar-refractivity contribution in [2.75, 3.05) is 5.75 Å². The standard InChI is InChI=1S/C16H21BN4O3S/c1-2-6-25(23,24)20-11-7-10(8-11)16-15-12-4-3-5-14(12)18-9-13(15)17(22)21-19-16/h3-4,9-11,20-22H,2,5-8H2,1H3. The lowest BCUT2D eigenvalue weighted by molar-refractivity contribution is 0.319. The molecule has 1 saturated carbocycles. The SMILES string of the molecule is CCCS(=O)(=O)NC1CC(C2=NNB(O)c3cnc4c(c32)C=CC4)C1. The fourth-order valence-electron chi connectivity index (χ4n) is 3.78. The van der Waals surface area contributed by atoms with Gasteiger partial charge in [-0.15, -0.1) is 0 Å². The fourth-order valence-corrected chi connectivity index (χ4v) is 5.13. The topological polar surface area (TPSA) is 104 Å². The van der Waals surface area contributed by atoms with Crippen molar-refractivity contribution < 1.29 is 13.4 Å². The van der Waals surface area contributed by atoms with Crippen molar-refractivity contribution in [2.45, 2.75) is 38.6 Å². The molecule has 0 atom stereocenters. The summed E-state index contributed by atoms with van der Waals surface area (Å²) in [4.78, 5) is 4.44. The van der Waals surface area contributed by atoms with Gasteiger partial charge in [-0.1, -0.05) is 19.1 Å². The Balaban J connectivity index is 1.55. The van der Waals surface area contributed by atoms with Crippen LogP contribution < -0.4 is 15.5 Å². The molecule has 2 heterocycles. The van der Waals surface area contributed by atoms with Gasteiger partial charge in [-0.2, -0.15) is 5.10 Å². The highest BCUT2D eigenvalue weighted by Crippen LogP contribution is 2.34. The van der Waals surface area contributed by atoms with Crippen molar-refractivity contribution in [3.8, 4) is 0 Å². The second-order valence-electron chi connectivity index (χ2n) is 6.89. The lowest BCUT2D eigenvalue weighted by Crippen LogP contribution is -2.54. The first-order chi connectivity index (χ1) is 12.0. The number of hydrogen-bond acceptors (Lipinski definition) is 6. The van der Waals surface area contributed by atoms with Crippen LogP contribution in [0.2, 0.25) is 0 Å². The minimum Gasteiger partial charge on any atom is -0.428 e. The van der Waals surface area contributed by atoms with Crippen LogP contribution in [-0.2, 0) is 16.4 Å². The van der Waals surface area contributed by atoms with Crippen LogP contribution in [0, 0.1) is 5.92 Å². The van der Waals surface area contributed by atoms with Gasteiger partial charge in [-0.05, 0) is 19.3 Å². The maximum atomic E-state index is 11.9. The Morgan fingerprint density at radius 2 is 2.24 bits per heavy atom. The average Bonchev–Trinajstić information content (AvgIpc) is 3.00. The first-order valence-corrected chi connectivity index (χ1v) is 10.3. The van der Waals surface area contributed by atoms with E-state index in [1.807, 2.05) is 13.0 Å². The summed E-state index contributed by atoms with van der Waals surface area (Å²) in [6, 6.07) is -0.0371. The van der Waals surface area contributed by atoms with Crippen molar-refractivity contribution >= 4 is 34.3 Å². The summed E-state index contributed by atoms with van der Waals surface area (Å²) in [5.74, 6) is 0.337. The zero-order valence-electron chi connectivity index (χ0n) is 14.1. The van der Waals surface area contributed by atoms with Gasteiger partial charge in [0.15, 0.2) is 0 Å². The maximum Gasteiger partial charge on any atom is 0.465 e. The molecule has 4 rings (SSSR count). The Bertz CT molecular complexity index is 862. The molecule has 3 N–H and O–H groups in total. The van der Waals surface area contributed by atoms with Crippen LogP contribution in [0.3, 0.4) is 0 Å². The van der Waals surface area contributed by atoms with Crippen LogP contribution in [0.25, 0.3) is 6.08 Å². The second kappa shape index (κ2) is 6.23. The fraction of sp³-hybridized carbons (Fsp3) is 0.500. The number of fused-ring (bicyclic) bond motifs is 3. The molecule has 1 fully saturated rings. The Labute approximate surface area is 147 Å². The zero-order valence-corrected chi connectivity index (χ0v) is 14.9. The number of nitrogens with one attached hydrogen (secondary N) is 2. The second-order valence-corrected chi connectivity index (χ2v) is 8.76. The molecule has 9 heteroatoms. The largest absolute Gasteiger partial charge is 0.465 e. The molecule has 0 unspecified atom stereocenters. The third-order valence-corrected chi connectivity index (χ3v) is 6.66. The van der Waals surface area contributed by atoms with Crippen LogP contribution in [0.15, 0.2) is 17.4 Å². The summed E-state index contributed by atoms with van der Waals surface area (Å²) in [5.41, 5.74) is 4.64. The van der Waals surface area contributed by atoms with Gasteiger partial charge in [-0.25, -0.2) is 13.1 Å². The number of hydrazone groups is 1. The predicted molar refractivity (Wildman–Crippen MR) is 98.0 cm³/mol. The van der Waals surface area contributed by atoms with Crippen molar-refractivity contribution in [1.29, 1.82) is 0 Å². The van der Waals surface area contributed by atoms with Gasteiger partial charge in [0.05, 0.1) is 17.2 Å². The van der Waals surface area contributed by atoms with Gasteiger partial charge in [-0.3, -0.25) is 4.98 Å². The summed E-state index contributed by atoms with van der Waals surface area (Å²) in [5, 5.41) is 17.3. The van der Waals surface area contributed by atoms with Gasteiger partial charge < -0.3 is 10.4 Å². The molecule has 2 aliphatic carbocycles. The van der Waals surface area contributed by atoms with E-state index in [1.54, 1.807) is 6.20 Å². The molecule has 1 aromatic heterocycles. The van der Waals surface area contributed by atoms with Crippen LogP contribution in [0.5, 0.6) is 0 Å². The molecule has 132 valence electrons. The van der Waals surface area contributed by atoms with Crippen molar-refractivity contribution in [1.82, 2.24) is 15.0 Å². The highest BCUT2D eigenvalue weighted by molar-refractivity contribution is 7.89. The lowest BCUT2D eigenvalue weighted by Gasteiger charge is -2.38. The number of pyridine rings is 1. The Morgan fingerprint density at radius 1 is 1.44 bits per heavy atom. The number of allylic oxidation sites excluding steroid dienone is 1. The molecular formula is C16H21BN4O3S. The number of hydrogen-bond donors (Lipinski definition) is 3. The van der Waals surface area contributed by atoms with Gasteiger partial charge in [0.1, 0.15) is 0 Å². The molecule has 0 bridgehead atoms. The number of aromatic nitrogens is 1. The van der Waals surface area contributed by atoms with E-state index < -0.39 is 17.1 Å². The van der Waals surface area contributed by atoms with E-state index >= 15 is 0 Å². The lowest BCUT2D eigenvalue weighted by atomic mass is 9.66. The third-order valence-electron chi connectivity index (χ3n) is 5.03. The molecule has 7 nitrogen and oxygen atoms in total. The van der Waals surface area contributed by atoms with Gasteiger partial charge in [0, 0.05) is 41.2 Å². The normalized spacial score (nSPS) is 24.2. The van der Waals surface area contributed by atoms with E-state index in [0.717, 1.165) is 47.3 Å². The summed E-state index contributed by atoms with van der Waals surface area (Å²) >= 11 is 0. The molecule has 0 saturated heterocycles. The van der Waals surface area contributed by atoms with Crippen LogP contribution in [0.1, 0.15) is 43.0 Å². The van der Waals surface area contributed by atoms with Crippen LogP contribution in [0.4, 0.5) is 0 Å². The summed E-state index contributed by atoms with van der Waals surface area (Å²) in [6.07, 6.45) is 8.66. The number of nitrogens with zero attached hydrogens (tertiary/aromatic N) is 2. The van der Waals surface area contributed by atoms with Crippen LogP contribution >= 0.6 is 0 Å². The van der Waals surface area contributed by atoms with E-state index in [0.29, 0.717) is 6.42 Å². The van der Waals surface area contributed by atoms with Crippen molar-refractivity contribution in [3.63, 3.8) is 0 Å². The molecule has 0 radical (unpaired) electrons. The van der Waals surface area contributed by atoms with E-state index in [9.17, 15) is 13.4 Å². The minimum atomic E-state index is -3.19. The molecule has 1 aliphatic heterocycles. The Morgan fingerprint density at radius 3 is 3.00 bits per heavy atom. The third kappa shape index (κ3) is 3.00. The van der Waals surface area contributed by atoms with Crippen LogP contribution in [-0.4, -0.2) is 43.0 Å². The molecule has 0 amide bonds. The summed E-state index contributed by atoms with van der Waals surface area (Å²) in [7, 11) is -4.05. The minimum absolute atomic E-state index is 0.0371. The smallest absolute Gasteiger partial charge is 0.428 e. The molecule has 3 aliphatic rings. The monoisotopic (exact) mass is 360 g/mol. The van der Waals surface area contributed by atoms with E-state index in [-0.39, 0.29) is 17.7 Å². The van der Waals surface area contributed by atoms with Gasteiger partial charge in [0.2, 0.25) is 10.0 Å². The summed E-state index contributed by atoms with van der Waals surface area (Å²) < 4.78 is 26.6. The zero-order chi connectivity index (χ0) is 17.6. The molecule has 0 spiro atoms. The van der Waals surface area contributed by atoms with Gasteiger partial charge in [0.25, 0.3) is 0 Å². The Hall–Kier alpha value is -1.71. The highest BCUT2D eigenvalue weighted by atomic mass is 32.2. The predicted octanol–water partition coefficient (Wildman–Crippen LogP) is -0.246. The van der Waals surface area contributed by atoms with E-state index in [1.165, 1.54) is 0 Å². The maximum absolute atomic E-state index is 11.9. The van der Waals surface area contributed by atoms with E-state index in [2.05, 4.69) is 26.2 Å². The molecular weight excluding hydrogens is 339 g/mol. The number of sulfonamides is 1. The summed E-state index contributed by atoms with van der Waals surface area (Å²) in [6.45, 7) is 1.86. The molecule has 1 aromatic rings. The first-order valence-electron chi connectivity index (χ1n) is 8.68. The first kappa shape index (κ1) is 16.7. The average molecular weight is 360 g/mol. The number of rotatable bonds is 5. The van der Waals surface area contributed by atoms with Crippen molar-refractivity contribution in [3.05, 3.63) is 29.1 Å². The van der Waals surface area contributed by atoms with Gasteiger partial charge >= 0.3 is 7.05 Å².